The van der Waals surface area contributed by atoms with Gasteiger partial charge < -0.3 is 14.6 Å². The lowest BCUT2D eigenvalue weighted by molar-refractivity contribution is 0.0347. The van der Waals surface area contributed by atoms with E-state index in [1.54, 1.807) is 6.20 Å². The number of ether oxygens (including phenoxy) is 1. The number of imidazole rings is 1. The SMILES string of the molecule is C=CCn1ccnc1NCCOC1CCCCC1. The van der Waals surface area contributed by atoms with Gasteiger partial charge in [0.1, 0.15) is 0 Å². The van der Waals surface area contributed by atoms with Gasteiger partial charge in [-0.2, -0.15) is 0 Å². The maximum atomic E-state index is 5.86. The standard InChI is InChI=1S/C14H23N3O/c1-2-10-17-11-8-15-14(17)16-9-12-18-13-6-4-3-5-7-13/h2,8,11,13H,1,3-7,9-10,12H2,(H,15,16). The van der Waals surface area contributed by atoms with E-state index in [0.717, 1.165) is 25.6 Å². The first-order valence-electron chi connectivity index (χ1n) is 6.87. The minimum atomic E-state index is 0.480. The van der Waals surface area contributed by atoms with Crippen molar-refractivity contribution in [3.63, 3.8) is 0 Å². The number of nitrogens with zero attached hydrogens (tertiary/aromatic N) is 2. The average molecular weight is 249 g/mol. The molecular weight excluding hydrogens is 226 g/mol. The van der Waals surface area contributed by atoms with Gasteiger partial charge in [0.05, 0.1) is 12.7 Å². The molecule has 4 nitrogen and oxygen atoms in total. The van der Waals surface area contributed by atoms with Gasteiger partial charge in [-0.1, -0.05) is 25.3 Å². The smallest absolute Gasteiger partial charge is 0.203 e. The number of aromatic nitrogens is 2. The fourth-order valence-corrected chi connectivity index (χ4v) is 2.38. The molecule has 1 N–H and O–H groups in total. The molecular formula is C14H23N3O. The van der Waals surface area contributed by atoms with Crippen molar-refractivity contribution in [1.29, 1.82) is 0 Å². The van der Waals surface area contributed by atoms with Gasteiger partial charge in [0.15, 0.2) is 0 Å². The minimum Gasteiger partial charge on any atom is -0.376 e. The van der Waals surface area contributed by atoms with Gasteiger partial charge in [-0.05, 0) is 12.8 Å². The fraction of sp³-hybridized carbons (Fsp3) is 0.643. The number of nitrogens with one attached hydrogen (secondary N) is 1. The van der Waals surface area contributed by atoms with Crippen LogP contribution in [0.2, 0.25) is 0 Å². The summed E-state index contributed by atoms with van der Waals surface area (Å²) in [7, 11) is 0. The molecule has 0 saturated heterocycles. The molecule has 0 spiro atoms. The zero-order chi connectivity index (χ0) is 12.6. The van der Waals surface area contributed by atoms with Crippen molar-refractivity contribution in [2.24, 2.45) is 0 Å². The van der Waals surface area contributed by atoms with E-state index < -0.39 is 0 Å². The van der Waals surface area contributed by atoms with Crippen molar-refractivity contribution in [3.8, 4) is 0 Å². The summed E-state index contributed by atoms with van der Waals surface area (Å²) < 4.78 is 7.90. The summed E-state index contributed by atoms with van der Waals surface area (Å²) in [5, 5.41) is 3.30. The zero-order valence-corrected chi connectivity index (χ0v) is 11.0. The largest absolute Gasteiger partial charge is 0.376 e. The van der Waals surface area contributed by atoms with Gasteiger partial charge >= 0.3 is 0 Å². The summed E-state index contributed by atoms with van der Waals surface area (Å²) >= 11 is 0. The van der Waals surface area contributed by atoms with Gasteiger partial charge in [-0.25, -0.2) is 4.98 Å². The molecule has 0 aliphatic heterocycles. The number of allylic oxidation sites excluding steroid dienone is 1. The molecule has 1 saturated carbocycles. The quantitative estimate of drug-likeness (QED) is 0.596. The van der Waals surface area contributed by atoms with Crippen molar-refractivity contribution in [2.45, 2.75) is 44.8 Å². The lowest BCUT2D eigenvalue weighted by Crippen LogP contribution is -2.21. The van der Waals surface area contributed by atoms with E-state index >= 15 is 0 Å². The van der Waals surface area contributed by atoms with E-state index in [0.29, 0.717) is 6.10 Å². The highest BCUT2D eigenvalue weighted by Gasteiger charge is 2.13. The lowest BCUT2D eigenvalue weighted by atomic mass is 9.98. The Kier molecular flexibility index (Phi) is 5.27. The van der Waals surface area contributed by atoms with Crippen LogP contribution in [0.25, 0.3) is 0 Å². The molecule has 100 valence electrons. The molecule has 1 fully saturated rings. The third-order valence-electron chi connectivity index (χ3n) is 3.33. The highest BCUT2D eigenvalue weighted by atomic mass is 16.5. The van der Waals surface area contributed by atoms with Crippen LogP contribution < -0.4 is 5.32 Å². The van der Waals surface area contributed by atoms with E-state index in [2.05, 4.69) is 16.9 Å². The molecule has 0 radical (unpaired) electrons. The Hall–Kier alpha value is -1.29. The summed E-state index contributed by atoms with van der Waals surface area (Å²) in [6.45, 7) is 6.08. The zero-order valence-electron chi connectivity index (χ0n) is 11.0. The van der Waals surface area contributed by atoms with E-state index in [9.17, 15) is 0 Å². The monoisotopic (exact) mass is 249 g/mol. The minimum absolute atomic E-state index is 0.480. The van der Waals surface area contributed by atoms with Crippen LogP contribution in [0.15, 0.2) is 25.0 Å². The second kappa shape index (κ2) is 7.21. The Morgan fingerprint density at radius 1 is 1.44 bits per heavy atom. The number of hydrogen-bond acceptors (Lipinski definition) is 3. The summed E-state index contributed by atoms with van der Waals surface area (Å²) in [5.74, 6) is 0.891. The Bertz CT molecular complexity index is 356. The van der Waals surface area contributed by atoms with Gasteiger partial charge in [-0.3, -0.25) is 0 Å². The Balaban J connectivity index is 1.65. The normalized spacial score (nSPS) is 16.7. The van der Waals surface area contributed by atoms with Crippen LogP contribution in [-0.2, 0) is 11.3 Å². The molecule has 0 aromatic carbocycles. The van der Waals surface area contributed by atoms with Gasteiger partial charge in [0.2, 0.25) is 5.95 Å². The third kappa shape index (κ3) is 3.88. The second-order valence-corrected chi connectivity index (χ2v) is 4.75. The van der Waals surface area contributed by atoms with Crippen molar-refractivity contribution in [1.82, 2.24) is 9.55 Å². The predicted octanol–water partition coefficient (Wildman–Crippen LogP) is 2.83. The van der Waals surface area contributed by atoms with Crippen LogP contribution in [0.5, 0.6) is 0 Å². The molecule has 4 heteroatoms. The fourth-order valence-electron chi connectivity index (χ4n) is 2.38. The van der Waals surface area contributed by atoms with Crippen molar-refractivity contribution < 1.29 is 4.74 Å². The molecule has 0 bridgehead atoms. The van der Waals surface area contributed by atoms with E-state index in [-0.39, 0.29) is 0 Å². The first kappa shape index (κ1) is 13.1. The first-order chi connectivity index (χ1) is 8.90. The van der Waals surface area contributed by atoms with Crippen LogP contribution in [0.3, 0.4) is 0 Å². The van der Waals surface area contributed by atoms with Crippen LogP contribution >= 0.6 is 0 Å². The number of anilines is 1. The Morgan fingerprint density at radius 3 is 3.06 bits per heavy atom. The van der Waals surface area contributed by atoms with Crippen LogP contribution in [0, 0.1) is 0 Å². The molecule has 1 aromatic heterocycles. The molecule has 18 heavy (non-hydrogen) atoms. The molecule has 0 atom stereocenters. The first-order valence-corrected chi connectivity index (χ1v) is 6.87. The van der Waals surface area contributed by atoms with Gasteiger partial charge in [0.25, 0.3) is 0 Å². The molecule has 0 amide bonds. The van der Waals surface area contributed by atoms with Crippen LogP contribution in [0.4, 0.5) is 5.95 Å². The lowest BCUT2D eigenvalue weighted by Gasteiger charge is -2.22. The number of hydrogen-bond donors (Lipinski definition) is 1. The highest BCUT2D eigenvalue weighted by molar-refractivity contribution is 5.25. The summed E-state index contributed by atoms with van der Waals surface area (Å²) in [4.78, 5) is 4.27. The van der Waals surface area contributed by atoms with E-state index in [4.69, 9.17) is 4.74 Å². The summed E-state index contributed by atoms with van der Waals surface area (Å²) in [6, 6.07) is 0. The van der Waals surface area contributed by atoms with Crippen LogP contribution in [-0.4, -0.2) is 28.8 Å². The van der Waals surface area contributed by atoms with Crippen molar-refractivity contribution >= 4 is 5.95 Å². The molecule has 1 aliphatic carbocycles. The third-order valence-corrected chi connectivity index (χ3v) is 3.33. The topological polar surface area (TPSA) is 39.1 Å². The van der Waals surface area contributed by atoms with Gasteiger partial charge in [-0.15, -0.1) is 6.58 Å². The Labute approximate surface area is 109 Å². The number of rotatable bonds is 7. The molecule has 0 unspecified atom stereocenters. The van der Waals surface area contributed by atoms with E-state index in [1.165, 1.54) is 32.1 Å². The summed E-state index contributed by atoms with van der Waals surface area (Å²) in [6.07, 6.45) is 12.6. The van der Waals surface area contributed by atoms with Crippen molar-refractivity contribution in [2.75, 3.05) is 18.5 Å². The average Bonchev–Trinajstić information content (AvgIpc) is 2.84. The van der Waals surface area contributed by atoms with Crippen molar-refractivity contribution in [3.05, 3.63) is 25.0 Å². The molecule has 2 rings (SSSR count). The Morgan fingerprint density at radius 2 is 2.28 bits per heavy atom. The molecule has 1 aliphatic rings. The van der Waals surface area contributed by atoms with E-state index in [1.807, 2.05) is 16.8 Å². The highest BCUT2D eigenvalue weighted by Crippen LogP contribution is 2.19. The second-order valence-electron chi connectivity index (χ2n) is 4.75. The molecule has 1 heterocycles. The predicted molar refractivity (Wildman–Crippen MR) is 73.7 cm³/mol. The summed E-state index contributed by atoms with van der Waals surface area (Å²) in [5.41, 5.74) is 0. The molecule has 1 aromatic rings. The van der Waals surface area contributed by atoms with Crippen LogP contribution in [0.1, 0.15) is 32.1 Å². The maximum Gasteiger partial charge on any atom is 0.203 e. The maximum absolute atomic E-state index is 5.86. The van der Waals surface area contributed by atoms with Gasteiger partial charge in [0, 0.05) is 25.5 Å².